The maximum absolute atomic E-state index is 12.8. The zero-order valence-corrected chi connectivity index (χ0v) is 24.8. The van der Waals surface area contributed by atoms with Gasteiger partial charge in [-0.25, -0.2) is 9.71 Å². The van der Waals surface area contributed by atoms with E-state index in [2.05, 4.69) is 60.6 Å². The number of ether oxygens (including phenoxy) is 2. The number of nitrogens with one attached hydrogen (secondary N) is 2. The molecule has 0 aliphatic heterocycles. The van der Waals surface area contributed by atoms with Crippen molar-refractivity contribution in [3.63, 3.8) is 0 Å². The van der Waals surface area contributed by atoms with Crippen molar-refractivity contribution in [2.45, 2.75) is 66.2 Å². The molecule has 0 aliphatic rings. The van der Waals surface area contributed by atoms with Gasteiger partial charge < -0.3 is 13.7 Å². The van der Waals surface area contributed by atoms with Crippen LogP contribution in [0.4, 0.5) is 0 Å². The van der Waals surface area contributed by atoms with E-state index in [1.807, 2.05) is 50.2 Å². The first-order chi connectivity index (χ1) is 18.3. The molecule has 39 heavy (non-hydrogen) atoms. The standard InChI is InChI=1S/C29H39N5O4S/c1-19-13-14-21(29(6,7)18-28(3,4)5)15-24(19)38-39(35)30-17-20(2)27-31-25-16-26(32-34(25)33-27)37-23-12-10-9-11-22(23)36-8/h9-16,20,30H,17-18H2,1-8H3,(H,31,33). The Morgan fingerprint density at radius 3 is 2.44 bits per heavy atom. The molecule has 0 saturated heterocycles. The molecule has 210 valence electrons. The number of benzene rings is 2. The van der Waals surface area contributed by atoms with Crippen LogP contribution in [0.1, 0.15) is 70.8 Å². The van der Waals surface area contributed by atoms with Crippen LogP contribution < -0.4 is 18.4 Å². The van der Waals surface area contributed by atoms with Gasteiger partial charge in [0.1, 0.15) is 11.6 Å². The fourth-order valence-corrected chi connectivity index (χ4v) is 5.58. The summed E-state index contributed by atoms with van der Waals surface area (Å²) in [4.78, 5) is 4.62. The first kappa shape index (κ1) is 28.6. The molecule has 0 fully saturated rings. The summed E-state index contributed by atoms with van der Waals surface area (Å²) in [6, 6.07) is 15.3. The van der Waals surface area contributed by atoms with Crippen molar-refractivity contribution in [2.75, 3.05) is 13.7 Å². The summed E-state index contributed by atoms with van der Waals surface area (Å²) in [6.07, 6.45) is 1.02. The molecule has 4 aromatic rings. The number of nitrogens with zero attached hydrogens (tertiary/aromatic N) is 3. The van der Waals surface area contributed by atoms with Crippen molar-refractivity contribution < 1.29 is 17.9 Å². The molecule has 2 aromatic heterocycles. The number of hydrogen-bond donors (Lipinski definition) is 2. The van der Waals surface area contributed by atoms with Gasteiger partial charge >= 0.3 is 0 Å². The van der Waals surface area contributed by atoms with E-state index in [-0.39, 0.29) is 16.7 Å². The molecule has 0 saturated carbocycles. The summed E-state index contributed by atoms with van der Waals surface area (Å²) < 4.78 is 34.3. The molecule has 2 aromatic carbocycles. The van der Waals surface area contributed by atoms with E-state index in [1.165, 1.54) is 0 Å². The number of para-hydroxylation sites is 2. The molecular formula is C29H39N5O4S. The van der Waals surface area contributed by atoms with E-state index < -0.39 is 11.3 Å². The number of rotatable bonds is 11. The van der Waals surface area contributed by atoms with Gasteiger partial charge in [-0.2, -0.15) is 8.84 Å². The molecule has 0 bridgehead atoms. The largest absolute Gasteiger partial charge is 0.493 e. The Morgan fingerprint density at radius 2 is 1.77 bits per heavy atom. The van der Waals surface area contributed by atoms with Crippen molar-refractivity contribution >= 4 is 16.9 Å². The SMILES string of the molecule is COc1ccccc1Oc1cc2nc(C(C)CNS(=O)Oc3cc(C(C)(C)CC(C)(C)C)ccc3C)[nH]n2n1. The number of aryl methyl sites for hydroxylation is 1. The van der Waals surface area contributed by atoms with E-state index in [9.17, 15) is 4.21 Å². The lowest BCUT2D eigenvalue weighted by molar-refractivity contribution is 0.284. The predicted molar refractivity (Wildman–Crippen MR) is 154 cm³/mol. The molecule has 0 amide bonds. The minimum Gasteiger partial charge on any atom is -0.493 e. The lowest BCUT2D eigenvalue weighted by atomic mass is 9.72. The summed E-state index contributed by atoms with van der Waals surface area (Å²) in [5, 5.41) is 7.57. The van der Waals surface area contributed by atoms with E-state index in [1.54, 1.807) is 17.8 Å². The normalized spacial score (nSPS) is 13.8. The zero-order valence-electron chi connectivity index (χ0n) is 24.0. The molecule has 9 nitrogen and oxygen atoms in total. The van der Waals surface area contributed by atoms with Crippen molar-refractivity contribution in [3.8, 4) is 23.1 Å². The molecule has 0 radical (unpaired) electrons. The highest BCUT2D eigenvalue weighted by Gasteiger charge is 2.28. The lowest BCUT2D eigenvalue weighted by Gasteiger charge is -2.33. The Balaban J connectivity index is 1.36. The average Bonchev–Trinajstić information content (AvgIpc) is 3.41. The number of H-pyrrole nitrogens is 1. The fraction of sp³-hybridized carbons (Fsp3) is 0.448. The van der Waals surface area contributed by atoms with Crippen molar-refractivity contribution in [3.05, 3.63) is 65.5 Å². The molecule has 2 N–H and O–H groups in total. The van der Waals surface area contributed by atoms with Crippen LogP contribution in [0.25, 0.3) is 5.65 Å². The Morgan fingerprint density at radius 1 is 1.05 bits per heavy atom. The van der Waals surface area contributed by atoms with Gasteiger partial charge in [-0.3, -0.25) is 5.10 Å². The Labute approximate surface area is 233 Å². The summed E-state index contributed by atoms with van der Waals surface area (Å²) in [7, 11) is 1.59. The van der Waals surface area contributed by atoms with E-state index >= 15 is 0 Å². The number of fused-ring (bicyclic) bond motifs is 1. The number of aromatic nitrogens is 4. The van der Waals surface area contributed by atoms with Gasteiger partial charge in [-0.05, 0) is 53.5 Å². The van der Waals surface area contributed by atoms with Crippen LogP contribution >= 0.6 is 0 Å². The number of methoxy groups -OCH3 is 1. The maximum atomic E-state index is 12.8. The highest BCUT2D eigenvalue weighted by atomic mass is 32.2. The third-order valence-electron chi connectivity index (χ3n) is 6.49. The van der Waals surface area contributed by atoms with Crippen LogP contribution in [0, 0.1) is 12.3 Å². The van der Waals surface area contributed by atoms with E-state index in [0.29, 0.717) is 41.1 Å². The smallest absolute Gasteiger partial charge is 0.288 e. The monoisotopic (exact) mass is 553 g/mol. The first-order valence-electron chi connectivity index (χ1n) is 13.1. The second-order valence-corrected chi connectivity index (χ2v) is 12.7. The second kappa shape index (κ2) is 11.4. The van der Waals surface area contributed by atoms with Crippen LogP contribution in [-0.4, -0.2) is 37.7 Å². The highest BCUT2D eigenvalue weighted by molar-refractivity contribution is 7.78. The topological polar surface area (TPSA) is 103 Å². The van der Waals surface area contributed by atoms with Gasteiger partial charge in [0.05, 0.1) is 7.11 Å². The fourth-order valence-electron chi connectivity index (χ4n) is 4.79. The molecular weight excluding hydrogens is 514 g/mol. The van der Waals surface area contributed by atoms with Gasteiger partial charge in [-0.1, -0.05) is 65.8 Å². The number of hydrogen-bond acceptors (Lipinski definition) is 6. The second-order valence-electron chi connectivity index (χ2n) is 11.8. The Hall–Kier alpha value is -3.37. The average molecular weight is 554 g/mol. The van der Waals surface area contributed by atoms with Crippen LogP contribution in [0.5, 0.6) is 23.1 Å². The molecule has 0 aliphatic carbocycles. The molecule has 2 unspecified atom stereocenters. The van der Waals surface area contributed by atoms with Crippen LogP contribution in [-0.2, 0) is 16.7 Å². The van der Waals surface area contributed by atoms with Crippen molar-refractivity contribution in [1.82, 2.24) is 24.5 Å². The van der Waals surface area contributed by atoms with Gasteiger partial charge in [0, 0.05) is 18.5 Å². The summed E-state index contributed by atoms with van der Waals surface area (Å²) in [5.41, 5.74) is 2.86. The molecule has 4 rings (SSSR count). The van der Waals surface area contributed by atoms with Crippen molar-refractivity contribution in [2.24, 2.45) is 5.41 Å². The molecule has 10 heteroatoms. The van der Waals surface area contributed by atoms with Crippen LogP contribution in [0.2, 0.25) is 0 Å². The van der Waals surface area contributed by atoms with E-state index in [4.69, 9.17) is 13.7 Å². The highest BCUT2D eigenvalue weighted by Crippen LogP contribution is 2.38. The van der Waals surface area contributed by atoms with Gasteiger partial charge in [-0.15, -0.1) is 5.10 Å². The molecule has 2 atom stereocenters. The van der Waals surface area contributed by atoms with Crippen molar-refractivity contribution in [1.29, 1.82) is 0 Å². The summed E-state index contributed by atoms with van der Waals surface area (Å²) >= 11 is -1.71. The lowest BCUT2D eigenvalue weighted by Crippen LogP contribution is -2.27. The molecule has 2 heterocycles. The molecule has 0 spiro atoms. The Kier molecular flexibility index (Phi) is 8.37. The van der Waals surface area contributed by atoms with Gasteiger partial charge in [0.2, 0.25) is 5.88 Å². The van der Waals surface area contributed by atoms with Crippen LogP contribution in [0.3, 0.4) is 0 Å². The quantitative estimate of drug-likeness (QED) is 0.228. The van der Waals surface area contributed by atoms with E-state index in [0.717, 1.165) is 17.5 Å². The third kappa shape index (κ3) is 7.19. The zero-order chi connectivity index (χ0) is 28.4. The van der Waals surface area contributed by atoms with Crippen LogP contribution in [0.15, 0.2) is 48.5 Å². The predicted octanol–water partition coefficient (Wildman–Crippen LogP) is 6.23. The van der Waals surface area contributed by atoms with Gasteiger partial charge in [0.15, 0.2) is 17.1 Å². The number of aromatic amines is 1. The Bertz CT molecular complexity index is 1420. The summed E-state index contributed by atoms with van der Waals surface area (Å²) in [6.45, 7) is 15.5. The third-order valence-corrected chi connectivity index (χ3v) is 7.22. The van der Waals surface area contributed by atoms with Gasteiger partial charge in [0.25, 0.3) is 11.3 Å². The first-order valence-corrected chi connectivity index (χ1v) is 14.1. The minimum atomic E-state index is -1.71. The minimum absolute atomic E-state index is 0.0393. The maximum Gasteiger partial charge on any atom is 0.288 e. The summed E-state index contributed by atoms with van der Waals surface area (Å²) in [5.74, 6) is 2.83.